The second-order valence-electron chi connectivity index (χ2n) is 6.78. The Morgan fingerprint density at radius 3 is 0.944 bits per heavy atom. The van der Waals surface area contributed by atoms with E-state index in [4.69, 9.17) is 0 Å². The molecule has 20 heteroatoms. The van der Waals surface area contributed by atoms with Gasteiger partial charge in [0.15, 0.2) is 11.4 Å². The highest BCUT2D eigenvalue weighted by molar-refractivity contribution is 5.50. The van der Waals surface area contributed by atoms with Crippen molar-refractivity contribution >= 4 is 0 Å². The van der Waals surface area contributed by atoms with Crippen LogP contribution < -0.4 is 0 Å². The van der Waals surface area contributed by atoms with Gasteiger partial charge in [-0.15, -0.1) is 0 Å². The molecule has 0 atom stereocenters. The monoisotopic (exact) mass is 558 g/mol. The van der Waals surface area contributed by atoms with Crippen LogP contribution in [0.3, 0.4) is 0 Å². The number of halogens is 16. The molecule has 0 amide bonds. The second-order valence-corrected chi connectivity index (χ2v) is 6.78. The summed E-state index contributed by atoms with van der Waals surface area (Å²) in [4.78, 5) is 0. The smallest absolute Gasteiger partial charge is 0.259 e. The lowest BCUT2D eigenvalue weighted by Crippen LogP contribution is -2.36. The molecule has 36 heavy (non-hydrogen) atoms. The van der Waals surface area contributed by atoms with Crippen LogP contribution in [0.15, 0.2) is 0 Å². The summed E-state index contributed by atoms with van der Waals surface area (Å²) in [6.45, 7) is 0. The van der Waals surface area contributed by atoms with E-state index in [1.165, 1.54) is 0 Å². The van der Waals surface area contributed by atoms with Crippen molar-refractivity contribution in [3.05, 3.63) is 33.9 Å². The number of nitrogens with zero attached hydrogens (tertiary/aromatic N) is 4. The largest absolute Gasteiger partial charge is 0.459 e. The molecule has 0 saturated heterocycles. The maximum absolute atomic E-state index is 13.6. The molecule has 0 aliphatic rings. The van der Waals surface area contributed by atoms with Crippen LogP contribution >= 0.6 is 0 Å². The normalized spacial score (nSPS) is 14.2. The van der Waals surface area contributed by atoms with Crippen molar-refractivity contribution in [2.45, 2.75) is 36.6 Å². The molecule has 0 bridgehead atoms. The molecule has 0 unspecified atom stereocenters. The Hall–Kier alpha value is -3.14. The second kappa shape index (κ2) is 8.19. The van der Waals surface area contributed by atoms with E-state index in [1.54, 1.807) is 0 Å². The third-order valence-corrected chi connectivity index (χ3v) is 4.27. The first-order valence-corrected chi connectivity index (χ1v) is 8.46. The first-order chi connectivity index (χ1) is 15.8. The van der Waals surface area contributed by atoms with E-state index in [0.29, 0.717) is 14.1 Å². The van der Waals surface area contributed by atoms with Crippen LogP contribution in [-0.2, 0) is 38.3 Å². The van der Waals surface area contributed by atoms with Gasteiger partial charge in [0.1, 0.15) is 22.5 Å². The van der Waals surface area contributed by atoms with Gasteiger partial charge < -0.3 is 0 Å². The topological polar surface area (TPSA) is 35.6 Å². The molecule has 0 radical (unpaired) electrons. The fourth-order valence-corrected chi connectivity index (χ4v) is 2.70. The van der Waals surface area contributed by atoms with Crippen molar-refractivity contribution in [2.75, 3.05) is 0 Å². The maximum Gasteiger partial charge on any atom is 0.459 e. The highest BCUT2D eigenvalue weighted by Gasteiger charge is 2.65. The lowest BCUT2D eigenvalue weighted by Gasteiger charge is -2.19. The standard InChI is InChI=1S/C16H6F16N4/c1-35-5(7(13(21,22)23)9(33-35)11(17,18)15(27,28)29)3-4-6-8(14(24,25)26)10(34-36(6)2)12(19,20)16(30,31)32/h1-2H3. The van der Waals surface area contributed by atoms with Crippen molar-refractivity contribution in [3.63, 3.8) is 0 Å². The minimum atomic E-state index is -6.62. The molecule has 202 valence electrons. The average Bonchev–Trinajstić information content (AvgIpc) is 3.15. The molecule has 0 fully saturated rings. The van der Waals surface area contributed by atoms with Gasteiger partial charge in [0.05, 0.1) is 0 Å². The van der Waals surface area contributed by atoms with Crippen LogP contribution in [0.1, 0.15) is 33.9 Å². The molecular weight excluding hydrogens is 552 g/mol. The van der Waals surface area contributed by atoms with Gasteiger partial charge >= 0.3 is 36.6 Å². The summed E-state index contributed by atoms with van der Waals surface area (Å²) >= 11 is 0. The zero-order chi connectivity index (χ0) is 28.4. The number of alkyl halides is 16. The first-order valence-electron chi connectivity index (χ1n) is 8.46. The van der Waals surface area contributed by atoms with Crippen molar-refractivity contribution in [3.8, 4) is 11.8 Å². The van der Waals surface area contributed by atoms with Gasteiger partial charge in [-0.25, -0.2) is 0 Å². The molecule has 2 aromatic rings. The Bertz CT molecular complexity index is 1110. The Labute approximate surface area is 187 Å². The van der Waals surface area contributed by atoms with Gasteiger partial charge in [-0.05, 0) is 11.8 Å². The lowest BCUT2D eigenvalue weighted by molar-refractivity contribution is -0.292. The first kappa shape index (κ1) is 29.1. The summed E-state index contributed by atoms with van der Waals surface area (Å²) in [6.07, 6.45) is -25.3. The molecular formula is C16H6F16N4. The van der Waals surface area contributed by atoms with Crippen LogP contribution in [0.25, 0.3) is 0 Å². The van der Waals surface area contributed by atoms with E-state index < -0.39 is 70.5 Å². The average molecular weight is 558 g/mol. The lowest BCUT2D eigenvalue weighted by atomic mass is 10.1. The molecule has 2 aromatic heterocycles. The summed E-state index contributed by atoms with van der Waals surface area (Å²) in [5.74, 6) is -10.2. The molecule has 0 aliphatic carbocycles. The molecule has 0 aliphatic heterocycles. The third-order valence-electron chi connectivity index (χ3n) is 4.27. The van der Waals surface area contributed by atoms with Gasteiger partial charge in [-0.1, -0.05) is 0 Å². The van der Waals surface area contributed by atoms with Gasteiger partial charge in [0.25, 0.3) is 0 Å². The van der Waals surface area contributed by atoms with E-state index in [0.717, 1.165) is 11.8 Å². The van der Waals surface area contributed by atoms with Crippen molar-refractivity contribution < 1.29 is 70.2 Å². The molecule has 0 aromatic carbocycles. The van der Waals surface area contributed by atoms with Crippen LogP contribution in [0.4, 0.5) is 70.2 Å². The van der Waals surface area contributed by atoms with E-state index in [2.05, 4.69) is 10.2 Å². The summed E-state index contributed by atoms with van der Waals surface area (Å²) in [5.41, 5.74) is -15.3. The van der Waals surface area contributed by atoms with Gasteiger partial charge in [0, 0.05) is 14.1 Å². The van der Waals surface area contributed by atoms with Crippen molar-refractivity contribution in [2.24, 2.45) is 14.1 Å². The van der Waals surface area contributed by atoms with Gasteiger partial charge in [-0.3, -0.25) is 9.36 Å². The molecule has 0 spiro atoms. The minimum absolute atomic E-state index is 0.320. The van der Waals surface area contributed by atoms with Crippen LogP contribution in [0.5, 0.6) is 0 Å². The zero-order valence-electron chi connectivity index (χ0n) is 16.8. The van der Waals surface area contributed by atoms with Crippen molar-refractivity contribution in [1.29, 1.82) is 0 Å². The molecule has 4 nitrogen and oxygen atoms in total. The highest BCUT2D eigenvalue weighted by Crippen LogP contribution is 2.50. The molecule has 0 N–H and O–H groups in total. The minimum Gasteiger partial charge on any atom is -0.259 e. The maximum atomic E-state index is 13.6. The zero-order valence-corrected chi connectivity index (χ0v) is 16.8. The van der Waals surface area contributed by atoms with E-state index in [9.17, 15) is 70.2 Å². The molecule has 2 heterocycles. The van der Waals surface area contributed by atoms with E-state index in [-0.39, 0.29) is 9.36 Å². The fraction of sp³-hybridized carbons (Fsp3) is 0.500. The Morgan fingerprint density at radius 2 is 0.750 bits per heavy atom. The fourth-order valence-electron chi connectivity index (χ4n) is 2.70. The SMILES string of the molecule is Cn1nc(C(F)(F)C(F)(F)F)c(C(F)(F)F)c1C#Cc1c(C(F)(F)F)c(C(F)(F)C(F)(F)F)nn1C. The van der Waals surface area contributed by atoms with E-state index in [1.807, 2.05) is 0 Å². The number of hydrogen-bond donors (Lipinski definition) is 0. The molecule has 2 rings (SSSR count). The quantitative estimate of drug-likeness (QED) is 0.340. The third kappa shape index (κ3) is 4.78. The molecule has 0 saturated carbocycles. The number of aromatic nitrogens is 4. The number of rotatable bonds is 2. The van der Waals surface area contributed by atoms with Crippen LogP contribution in [-0.4, -0.2) is 31.9 Å². The summed E-state index contributed by atoms with van der Waals surface area (Å²) < 4.78 is 210. The predicted molar refractivity (Wildman–Crippen MR) is 82.3 cm³/mol. The number of hydrogen-bond acceptors (Lipinski definition) is 2. The van der Waals surface area contributed by atoms with E-state index >= 15 is 0 Å². The summed E-state index contributed by atoms with van der Waals surface area (Å²) in [5, 5.41) is 4.82. The number of aryl methyl sites for hydroxylation is 2. The Morgan fingerprint density at radius 1 is 0.500 bits per heavy atom. The Kier molecular flexibility index (Phi) is 6.62. The van der Waals surface area contributed by atoms with Gasteiger partial charge in [0.2, 0.25) is 0 Å². The predicted octanol–water partition coefficient (Wildman–Crippen LogP) is 5.90. The summed E-state index contributed by atoms with van der Waals surface area (Å²) in [7, 11) is 0.679. The van der Waals surface area contributed by atoms with Crippen LogP contribution in [0.2, 0.25) is 0 Å². The van der Waals surface area contributed by atoms with Gasteiger partial charge in [-0.2, -0.15) is 80.4 Å². The van der Waals surface area contributed by atoms with Crippen molar-refractivity contribution in [1.82, 2.24) is 19.6 Å². The summed E-state index contributed by atoms with van der Waals surface area (Å²) in [6, 6.07) is 0. The highest BCUT2D eigenvalue weighted by atomic mass is 19.4. The van der Waals surface area contributed by atoms with Crippen LogP contribution in [0, 0.1) is 11.8 Å². The Balaban J connectivity index is 2.92.